The Bertz CT molecular complexity index is 674. The van der Waals surface area contributed by atoms with Crippen LogP contribution in [0.5, 0.6) is 0 Å². The Labute approximate surface area is 124 Å². The zero-order valence-corrected chi connectivity index (χ0v) is 11.8. The summed E-state index contributed by atoms with van der Waals surface area (Å²) in [7, 11) is 0. The summed E-state index contributed by atoms with van der Waals surface area (Å²) in [6, 6.07) is 3.93. The molecule has 0 radical (unpaired) electrons. The van der Waals surface area contributed by atoms with E-state index in [1.54, 1.807) is 0 Å². The third-order valence-corrected chi connectivity index (χ3v) is 2.80. The first kappa shape index (κ1) is 15.1. The highest BCUT2D eigenvalue weighted by Gasteiger charge is 2.32. The molecule has 1 amide bonds. The molecule has 1 fully saturated rings. The molecule has 1 aliphatic heterocycles. The second-order valence-corrected chi connectivity index (χ2v) is 4.47. The van der Waals surface area contributed by atoms with E-state index in [-0.39, 0.29) is 22.1 Å². The molecule has 0 atom stereocenters. The van der Waals surface area contributed by atoms with Crippen molar-refractivity contribution < 1.29 is 18.8 Å². The Morgan fingerprint density at radius 1 is 1.38 bits per heavy atom. The first-order valence-corrected chi connectivity index (χ1v) is 6.13. The van der Waals surface area contributed by atoms with Crippen LogP contribution in [0.3, 0.4) is 0 Å². The van der Waals surface area contributed by atoms with Crippen molar-refractivity contribution in [3.63, 3.8) is 0 Å². The molecule has 0 aliphatic carbocycles. The van der Waals surface area contributed by atoms with Crippen molar-refractivity contribution >= 4 is 29.2 Å². The van der Waals surface area contributed by atoms with Crippen molar-refractivity contribution in [1.29, 1.82) is 0 Å². The van der Waals surface area contributed by atoms with Crippen molar-refractivity contribution in [3.8, 4) is 0 Å². The molecule has 0 spiro atoms. The van der Waals surface area contributed by atoms with Gasteiger partial charge in [-0.2, -0.15) is 0 Å². The van der Waals surface area contributed by atoms with Gasteiger partial charge in [0.1, 0.15) is 5.82 Å². The summed E-state index contributed by atoms with van der Waals surface area (Å²) in [5.74, 6) is -1.90. The van der Waals surface area contributed by atoms with Gasteiger partial charge in [-0.25, -0.2) is 14.2 Å². The number of nitrogens with zero attached hydrogens (tertiary/aromatic N) is 3. The summed E-state index contributed by atoms with van der Waals surface area (Å²) in [6.07, 6.45) is 0. The van der Waals surface area contributed by atoms with E-state index in [1.165, 1.54) is 31.0 Å². The van der Waals surface area contributed by atoms with Crippen LogP contribution in [0.1, 0.15) is 13.8 Å². The second kappa shape index (κ2) is 5.98. The van der Waals surface area contributed by atoms with E-state index in [9.17, 15) is 14.0 Å². The minimum absolute atomic E-state index is 0.0123. The quantitative estimate of drug-likeness (QED) is 0.670. The highest BCUT2D eigenvalue weighted by Crippen LogP contribution is 2.27. The lowest BCUT2D eigenvalue weighted by atomic mass is 10.2. The molecule has 0 aromatic heterocycles. The third kappa shape index (κ3) is 3.23. The summed E-state index contributed by atoms with van der Waals surface area (Å²) in [4.78, 5) is 27.2. The molecule has 0 unspecified atom stereocenters. The van der Waals surface area contributed by atoms with Gasteiger partial charge in [0.2, 0.25) is 0 Å². The number of carbonyl (C=O) groups excluding carboxylic acids is 2. The molecule has 1 saturated heterocycles. The highest BCUT2D eigenvalue weighted by molar-refractivity contribution is 6.30. The Balaban J connectivity index is 2.42. The lowest BCUT2D eigenvalue weighted by Crippen LogP contribution is -2.29. The molecule has 0 bridgehead atoms. The zero-order valence-electron chi connectivity index (χ0n) is 11.1. The molecule has 1 heterocycles. The number of hydrazine groups is 1. The molecule has 1 aliphatic rings. The van der Waals surface area contributed by atoms with E-state index in [0.717, 1.165) is 6.07 Å². The molecular formula is C12H10ClFN4O3. The van der Waals surface area contributed by atoms with Crippen LogP contribution in [0.4, 0.5) is 10.1 Å². The Kier molecular flexibility index (Phi) is 4.29. The first-order chi connectivity index (χ1) is 9.90. The van der Waals surface area contributed by atoms with Gasteiger partial charge in [0.15, 0.2) is 5.70 Å². The smallest absolute Gasteiger partial charge is 0.345 e. The maximum Gasteiger partial charge on any atom is 0.378 e. The van der Waals surface area contributed by atoms with Gasteiger partial charge in [-0.3, -0.25) is 4.79 Å². The van der Waals surface area contributed by atoms with Gasteiger partial charge in [0.25, 0.3) is 5.91 Å². The molecule has 21 heavy (non-hydrogen) atoms. The number of anilines is 1. The lowest BCUT2D eigenvalue weighted by Gasteiger charge is -2.16. The van der Waals surface area contributed by atoms with Gasteiger partial charge in [0.05, 0.1) is 16.4 Å². The average Bonchev–Trinajstić information content (AvgIpc) is 2.81. The number of carbonyl (C=O) groups is 2. The van der Waals surface area contributed by atoms with Crippen molar-refractivity contribution in [2.24, 2.45) is 10.2 Å². The number of amides is 1. The van der Waals surface area contributed by atoms with Crippen LogP contribution in [0.15, 0.2) is 39.8 Å². The minimum Gasteiger partial charge on any atom is -0.345 e. The van der Waals surface area contributed by atoms with Gasteiger partial charge < -0.3 is 4.84 Å². The standard InChI is InChI=1S/C12H10ClFN4O3/c1-6(15-16-7(2)19)11-12(20)21-17-18(11)8-3-4-9(13)10(14)5-8/h3-5,17H,1-2H3/b11-6+,16-15?. The molecule has 0 saturated carbocycles. The maximum atomic E-state index is 13.5. The monoisotopic (exact) mass is 312 g/mol. The van der Waals surface area contributed by atoms with Crippen LogP contribution < -0.4 is 10.6 Å². The van der Waals surface area contributed by atoms with Crippen LogP contribution in [0.25, 0.3) is 0 Å². The second-order valence-electron chi connectivity index (χ2n) is 4.07. The minimum atomic E-state index is -0.731. The largest absolute Gasteiger partial charge is 0.378 e. The number of allylic oxidation sites excluding steroid dienone is 1. The van der Waals surface area contributed by atoms with Crippen LogP contribution >= 0.6 is 11.6 Å². The number of azo groups is 1. The molecule has 9 heteroatoms. The zero-order chi connectivity index (χ0) is 15.6. The third-order valence-electron chi connectivity index (χ3n) is 2.49. The van der Waals surface area contributed by atoms with Crippen LogP contribution in [-0.4, -0.2) is 11.9 Å². The van der Waals surface area contributed by atoms with E-state index < -0.39 is 17.7 Å². The molecule has 1 aromatic rings. The van der Waals surface area contributed by atoms with Crippen molar-refractivity contribution in [3.05, 3.63) is 40.4 Å². The van der Waals surface area contributed by atoms with Gasteiger partial charge in [0, 0.05) is 13.0 Å². The van der Waals surface area contributed by atoms with Crippen LogP contribution in [-0.2, 0) is 14.4 Å². The number of benzene rings is 1. The summed E-state index contributed by atoms with van der Waals surface area (Å²) in [6.45, 7) is 2.69. The number of hydrogen-bond donors (Lipinski definition) is 1. The molecule has 2 rings (SSSR count). The molecule has 110 valence electrons. The molecule has 1 N–H and O–H groups in total. The first-order valence-electron chi connectivity index (χ1n) is 5.75. The fraction of sp³-hybridized carbons (Fsp3) is 0.167. The Morgan fingerprint density at radius 3 is 2.71 bits per heavy atom. The van der Waals surface area contributed by atoms with Crippen molar-refractivity contribution in [2.45, 2.75) is 13.8 Å². The van der Waals surface area contributed by atoms with Crippen molar-refractivity contribution in [1.82, 2.24) is 5.59 Å². The van der Waals surface area contributed by atoms with E-state index >= 15 is 0 Å². The number of hydrogen-bond acceptors (Lipinski definition) is 6. The van der Waals surface area contributed by atoms with Gasteiger partial charge >= 0.3 is 5.97 Å². The van der Waals surface area contributed by atoms with Gasteiger partial charge in [-0.15, -0.1) is 10.2 Å². The van der Waals surface area contributed by atoms with Crippen LogP contribution in [0, 0.1) is 5.82 Å². The SMILES string of the molecule is CC(=O)N=N/C(C)=C1\C(=O)ONN1c1ccc(Cl)c(F)c1. The molecular weight excluding hydrogens is 303 g/mol. The van der Waals surface area contributed by atoms with E-state index in [2.05, 4.69) is 20.7 Å². The van der Waals surface area contributed by atoms with Gasteiger partial charge in [-0.05, 0) is 19.1 Å². The summed E-state index contributed by atoms with van der Waals surface area (Å²) < 4.78 is 13.5. The molecule has 1 aromatic carbocycles. The van der Waals surface area contributed by atoms with E-state index in [4.69, 9.17) is 11.6 Å². The van der Waals surface area contributed by atoms with Crippen LogP contribution in [0.2, 0.25) is 5.02 Å². The van der Waals surface area contributed by atoms with E-state index in [1.807, 2.05) is 0 Å². The maximum absolute atomic E-state index is 13.5. The van der Waals surface area contributed by atoms with Gasteiger partial charge in [-0.1, -0.05) is 17.2 Å². The predicted octanol–water partition coefficient (Wildman–Crippen LogP) is 2.49. The Morgan fingerprint density at radius 2 is 2.10 bits per heavy atom. The topological polar surface area (TPSA) is 83.4 Å². The predicted molar refractivity (Wildman–Crippen MR) is 71.4 cm³/mol. The van der Waals surface area contributed by atoms with E-state index in [0.29, 0.717) is 0 Å². The summed E-state index contributed by atoms with van der Waals surface area (Å²) in [5.41, 5.74) is 2.71. The van der Waals surface area contributed by atoms with Crippen molar-refractivity contribution in [2.75, 3.05) is 5.01 Å². The highest BCUT2D eigenvalue weighted by atomic mass is 35.5. The Hall–Kier alpha value is -2.32. The summed E-state index contributed by atoms with van der Waals surface area (Å²) in [5, 5.41) is 8.08. The number of nitrogens with one attached hydrogen (secondary N) is 1. The lowest BCUT2D eigenvalue weighted by molar-refractivity contribution is -0.140. The fourth-order valence-corrected chi connectivity index (χ4v) is 1.70. The fourth-order valence-electron chi connectivity index (χ4n) is 1.58. The summed E-state index contributed by atoms with van der Waals surface area (Å²) >= 11 is 5.60. The average molecular weight is 313 g/mol. The number of rotatable bonds is 2. The molecule has 7 nitrogen and oxygen atoms in total. The number of halogens is 2. The normalized spacial score (nSPS) is 17.3.